The molecule has 7 heteroatoms. The molecule has 0 aliphatic carbocycles. The Morgan fingerprint density at radius 2 is 1.96 bits per heavy atom. The molecule has 2 rings (SSSR count). The monoisotopic (exact) mass is 348 g/mol. The minimum absolute atomic E-state index is 0.386. The topological polar surface area (TPSA) is 94.6 Å². The van der Waals surface area contributed by atoms with Crippen molar-refractivity contribution in [3.8, 4) is 5.75 Å². The molecule has 0 radical (unpaired) electrons. The van der Waals surface area contributed by atoms with Gasteiger partial charge in [0.15, 0.2) is 6.10 Å². The average Bonchev–Trinajstić information content (AvgIpc) is 2.93. The van der Waals surface area contributed by atoms with E-state index in [4.69, 9.17) is 14.3 Å². The van der Waals surface area contributed by atoms with Crippen molar-refractivity contribution in [3.63, 3.8) is 0 Å². The van der Waals surface area contributed by atoms with Gasteiger partial charge >= 0.3 is 11.7 Å². The second kappa shape index (κ2) is 9.05. The number of rotatable bonds is 10. The van der Waals surface area contributed by atoms with Crippen molar-refractivity contribution >= 4 is 5.97 Å². The molecule has 0 bridgehead atoms. The van der Waals surface area contributed by atoms with Crippen molar-refractivity contribution in [3.05, 3.63) is 46.3 Å². The quantitative estimate of drug-likeness (QED) is 0.663. The predicted octanol–water partition coefficient (Wildman–Crippen LogP) is 2.66. The molecule has 7 nitrogen and oxygen atoms in total. The van der Waals surface area contributed by atoms with Gasteiger partial charge in [0.25, 0.3) is 0 Å². The molecule has 25 heavy (non-hydrogen) atoms. The molecule has 0 aliphatic rings. The van der Waals surface area contributed by atoms with E-state index >= 15 is 0 Å². The summed E-state index contributed by atoms with van der Waals surface area (Å²) in [6.07, 6.45) is 3.32. The Kier molecular flexibility index (Phi) is 6.80. The highest BCUT2D eigenvalue weighted by Crippen LogP contribution is 2.16. The third kappa shape index (κ3) is 5.77. The van der Waals surface area contributed by atoms with Crippen LogP contribution in [0.5, 0.6) is 5.75 Å². The number of hydrogen-bond donors (Lipinski definition) is 1. The summed E-state index contributed by atoms with van der Waals surface area (Å²) in [6, 6.07) is 7.42. The standard InChI is InChI=1S/C18H24N2O5/c1-3-12-20-18(23)25-16(19-20)7-5-4-6-14-8-10-15(11-9-14)24-13(2)17(21)22/h8-11,13H,3-7,12H2,1-2H3,(H,21,22). The molecule has 1 heterocycles. The Morgan fingerprint density at radius 3 is 2.60 bits per heavy atom. The van der Waals surface area contributed by atoms with Crippen molar-refractivity contribution in [2.75, 3.05) is 0 Å². The highest BCUT2D eigenvalue weighted by atomic mass is 16.5. The van der Waals surface area contributed by atoms with E-state index in [1.54, 1.807) is 12.1 Å². The molecule has 2 aromatic rings. The Bertz CT molecular complexity index is 733. The van der Waals surface area contributed by atoms with E-state index in [9.17, 15) is 9.59 Å². The first kappa shape index (κ1) is 18.8. The largest absolute Gasteiger partial charge is 0.479 e. The summed E-state index contributed by atoms with van der Waals surface area (Å²) in [6.45, 7) is 4.06. The summed E-state index contributed by atoms with van der Waals surface area (Å²) < 4.78 is 11.8. The summed E-state index contributed by atoms with van der Waals surface area (Å²) >= 11 is 0. The van der Waals surface area contributed by atoms with Gasteiger partial charge in [0.1, 0.15) is 5.75 Å². The minimum atomic E-state index is -0.989. The Hall–Kier alpha value is -2.57. The molecule has 0 fully saturated rings. The molecule has 1 unspecified atom stereocenters. The van der Waals surface area contributed by atoms with Crippen LogP contribution < -0.4 is 10.5 Å². The van der Waals surface area contributed by atoms with E-state index in [-0.39, 0.29) is 5.76 Å². The molecule has 0 saturated carbocycles. The second-order valence-electron chi connectivity index (χ2n) is 5.93. The van der Waals surface area contributed by atoms with Gasteiger partial charge in [0, 0.05) is 13.0 Å². The van der Waals surface area contributed by atoms with Gasteiger partial charge < -0.3 is 14.3 Å². The van der Waals surface area contributed by atoms with E-state index in [0.717, 1.165) is 31.2 Å². The Balaban J connectivity index is 1.75. The fourth-order valence-corrected chi connectivity index (χ4v) is 2.40. The van der Waals surface area contributed by atoms with E-state index in [1.807, 2.05) is 19.1 Å². The number of hydrogen-bond acceptors (Lipinski definition) is 5. The summed E-state index contributed by atoms with van der Waals surface area (Å²) in [5.41, 5.74) is 1.15. The van der Waals surface area contributed by atoms with Crippen LogP contribution >= 0.6 is 0 Å². The maximum absolute atomic E-state index is 11.5. The van der Waals surface area contributed by atoms with Crippen molar-refractivity contribution in [2.45, 2.75) is 58.6 Å². The normalized spacial score (nSPS) is 12.1. The number of carbonyl (C=O) groups is 1. The first-order valence-corrected chi connectivity index (χ1v) is 8.54. The van der Waals surface area contributed by atoms with Crippen molar-refractivity contribution in [1.29, 1.82) is 0 Å². The van der Waals surface area contributed by atoms with Gasteiger partial charge in [-0.15, -0.1) is 5.10 Å². The van der Waals surface area contributed by atoms with E-state index < -0.39 is 12.1 Å². The number of aliphatic carboxylic acids is 1. The van der Waals surface area contributed by atoms with Gasteiger partial charge in [-0.3, -0.25) is 0 Å². The maximum Gasteiger partial charge on any atom is 0.437 e. The molecule has 1 aromatic heterocycles. The smallest absolute Gasteiger partial charge is 0.437 e. The van der Waals surface area contributed by atoms with Crippen LogP contribution in [0.2, 0.25) is 0 Å². The molecule has 1 aromatic carbocycles. The van der Waals surface area contributed by atoms with Gasteiger partial charge in [-0.05, 0) is 50.3 Å². The first-order chi connectivity index (χ1) is 12.0. The number of carboxylic acids is 1. The van der Waals surface area contributed by atoms with Gasteiger partial charge in [0.2, 0.25) is 5.89 Å². The van der Waals surface area contributed by atoms with Crippen molar-refractivity contribution < 1.29 is 19.1 Å². The summed E-state index contributed by atoms with van der Waals surface area (Å²) in [5, 5.41) is 13.0. The zero-order valence-corrected chi connectivity index (χ0v) is 14.6. The zero-order valence-electron chi connectivity index (χ0n) is 14.6. The fourth-order valence-electron chi connectivity index (χ4n) is 2.40. The first-order valence-electron chi connectivity index (χ1n) is 8.54. The SMILES string of the molecule is CCCn1nc(CCCCc2ccc(OC(C)C(=O)O)cc2)oc1=O. The second-order valence-corrected chi connectivity index (χ2v) is 5.93. The third-order valence-corrected chi connectivity index (χ3v) is 3.77. The lowest BCUT2D eigenvalue weighted by Gasteiger charge is -2.10. The predicted molar refractivity (Wildman–Crippen MR) is 91.9 cm³/mol. The minimum Gasteiger partial charge on any atom is -0.479 e. The van der Waals surface area contributed by atoms with Gasteiger partial charge in [-0.2, -0.15) is 4.68 Å². The number of aryl methyl sites for hydroxylation is 3. The number of benzene rings is 1. The zero-order chi connectivity index (χ0) is 18.2. The van der Waals surface area contributed by atoms with Crippen LogP contribution in [-0.2, 0) is 24.2 Å². The number of nitrogens with zero attached hydrogens (tertiary/aromatic N) is 2. The van der Waals surface area contributed by atoms with Crippen LogP contribution in [-0.4, -0.2) is 27.0 Å². The maximum atomic E-state index is 11.5. The van der Waals surface area contributed by atoms with Crippen LogP contribution in [0.15, 0.2) is 33.5 Å². The molecule has 0 spiro atoms. The van der Waals surface area contributed by atoms with Gasteiger partial charge in [-0.1, -0.05) is 19.1 Å². The number of ether oxygens (including phenoxy) is 1. The molecular weight excluding hydrogens is 324 g/mol. The summed E-state index contributed by atoms with van der Waals surface area (Å²) in [7, 11) is 0. The lowest BCUT2D eigenvalue weighted by molar-refractivity contribution is -0.144. The highest BCUT2D eigenvalue weighted by molar-refractivity contribution is 5.72. The molecule has 0 saturated heterocycles. The highest BCUT2D eigenvalue weighted by Gasteiger charge is 2.12. The Labute approximate surface area is 146 Å². The van der Waals surface area contributed by atoms with E-state index in [0.29, 0.717) is 24.6 Å². The van der Waals surface area contributed by atoms with Crippen molar-refractivity contribution in [2.24, 2.45) is 0 Å². The molecule has 1 N–H and O–H groups in total. The molecule has 0 aliphatic heterocycles. The van der Waals surface area contributed by atoms with Gasteiger partial charge in [0.05, 0.1) is 0 Å². The number of aromatic nitrogens is 2. The molecule has 136 valence electrons. The Morgan fingerprint density at radius 1 is 1.28 bits per heavy atom. The fraction of sp³-hybridized carbons (Fsp3) is 0.500. The van der Waals surface area contributed by atoms with Crippen molar-refractivity contribution in [1.82, 2.24) is 9.78 Å². The van der Waals surface area contributed by atoms with E-state index in [2.05, 4.69) is 5.10 Å². The molecule has 1 atom stereocenters. The third-order valence-electron chi connectivity index (χ3n) is 3.77. The van der Waals surface area contributed by atoms with Crippen LogP contribution in [0.4, 0.5) is 0 Å². The summed E-state index contributed by atoms with van der Waals surface area (Å²) in [4.78, 5) is 22.3. The van der Waals surface area contributed by atoms with Crippen LogP contribution in [0, 0.1) is 0 Å². The number of unbranched alkanes of at least 4 members (excludes halogenated alkanes) is 1. The van der Waals surface area contributed by atoms with Gasteiger partial charge in [-0.25, -0.2) is 9.59 Å². The molecular formula is C18H24N2O5. The lowest BCUT2D eigenvalue weighted by Crippen LogP contribution is -2.22. The average molecular weight is 348 g/mol. The van der Waals surface area contributed by atoms with E-state index in [1.165, 1.54) is 11.6 Å². The van der Waals surface area contributed by atoms with Crippen LogP contribution in [0.25, 0.3) is 0 Å². The molecule has 0 amide bonds. The summed E-state index contributed by atoms with van der Waals surface area (Å²) in [5.74, 6) is -0.341. The van der Waals surface area contributed by atoms with Crippen LogP contribution in [0.1, 0.15) is 44.6 Å². The number of carboxylic acid groups (broad SMARTS) is 1. The van der Waals surface area contributed by atoms with Crippen LogP contribution in [0.3, 0.4) is 0 Å². The lowest BCUT2D eigenvalue weighted by atomic mass is 10.1.